The van der Waals surface area contributed by atoms with Crippen molar-refractivity contribution in [2.45, 2.75) is 33.2 Å². The van der Waals surface area contributed by atoms with E-state index in [4.69, 9.17) is 10.5 Å². The van der Waals surface area contributed by atoms with Crippen molar-refractivity contribution in [2.75, 3.05) is 6.61 Å². The third-order valence-electron chi connectivity index (χ3n) is 2.64. The van der Waals surface area contributed by atoms with Gasteiger partial charge >= 0.3 is 5.97 Å². The molecule has 1 aromatic heterocycles. The Morgan fingerprint density at radius 1 is 1.56 bits per heavy atom. The van der Waals surface area contributed by atoms with Crippen LogP contribution in [0.5, 0.6) is 0 Å². The summed E-state index contributed by atoms with van der Waals surface area (Å²) >= 11 is 8.49. The highest BCUT2D eigenvalue weighted by Crippen LogP contribution is 2.38. The van der Waals surface area contributed by atoms with Crippen LogP contribution in [-0.4, -0.2) is 12.6 Å². The van der Waals surface area contributed by atoms with Crippen LogP contribution in [0, 0.1) is 5.41 Å². The maximum absolute atomic E-state index is 11.8. The van der Waals surface area contributed by atoms with Crippen molar-refractivity contribution >= 4 is 49.2 Å². The second kappa shape index (κ2) is 6.50. The molecule has 0 saturated heterocycles. The summed E-state index contributed by atoms with van der Waals surface area (Å²) in [4.78, 5) is 11.8. The minimum absolute atomic E-state index is 0.193. The normalized spacial score (nSPS) is 13.4. The Bertz CT molecular complexity index is 432. The number of carbonyl (C=O) groups is 1. The first-order valence-electron chi connectivity index (χ1n) is 5.65. The van der Waals surface area contributed by atoms with Crippen LogP contribution in [0.3, 0.4) is 0 Å². The van der Waals surface area contributed by atoms with Gasteiger partial charge in [0.1, 0.15) is 0 Å². The zero-order valence-corrected chi connectivity index (χ0v) is 14.6. The number of rotatable bonds is 5. The van der Waals surface area contributed by atoms with Crippen LogP contribution in [0.15, 0.2) is 13.6 Å². The van der Waals surface area contributed by atoms with Crippen molar-refractivity contribution in [2.24, 2.45) is 11.1 Å². The highest BCUT2D eigenvalue weighted by atomic mass is 79.9. The minimum atomic E-state index is -0.580. The average Bonchev–Trinajstić information content (AvgIpc) is 2.57. The Hall–Kier alpha value is 0.0900. The van der Waals surface area contributed by atoms with Gasteiger partial charge in [0.15, 0.2) is 0 Å². The van der Waals surface area contributed by atoms with Gasteiger partial charge in [-0.1, -0.05) is 0 Å². The van der Waals surface area contributed by atoms with Gasteiger partial charge in [-0.05, 0) is 70.7 Å². The zero-order chi connectivity index (χ0) is 13.9. The van der Waals surface area contributed by atoms with Crippen molar-refractivity contribution in [3.63, 3.8) is 0 Å². The van der Waals surface area contributed by atoms with Crippen molar-refractivity contribution in [3.05, 3.63) is 19.2 Å². The number of esters is 1. The van der Waals surface area contributed by atoms with Gasteiger partial charge < -0.3 is 10.5 Å². The first kappa shape index (κ1) is 16.1. The molecule has 0 radical (unpaired) electrons. The van der Waals surface area contributed by atoms with Crippen molar-refractivity contribution in [1.82, 2.24) is 0 Å². The first-order valence-corrected chi connectivity index (χ1v) is 8.05. The van der Waals surface area contributed by atoms with Crippen LogP contribution in [0.2, 0.25) is 0 Å². The number of carbonyl (C=O) groups excluding carboxylic acids is 1. The Kier molecular flexibility index (Phi) is 5.83. The van der Waals surface area contributed by atoms with E-state index < -0.39 is 5.41 Å². The molecule has 1 unspecified atom stereocenters. The van der Waals surface area contributed by atoms with E-state index in [0.717, 1.165) is 13.1 Å². The van der Waals surface area contributed by atoms with Gasteiger partial charge in [0, 0.05) is 6.04 Å². The summed E-state index contributed by atoms with van der Waals surface area (Å²) in [6.07, 6.45) is 0.549. The fraction of sp³-hybridized carbons (Fsp3) is 0.583. The molecular formula is C12H17Br2NO2S. The number of nitrogens with two attached hydrogens (primary N) is 1. The molecule has 102 valence electrons. The Balaban J connectivity index is 2.78. The van der Waals surface area contributed by atoms with Crippen LogP contribution in [0.4, 0.5) is 0 Å². The van der Waals surface area contributed by atoms with E-state index in [1.807, 2.05) is 19.9 Å². The zero-order valence-electron chi connectivity index (χ0n) is 10.6. The molecule has 6 heteroatoms. The smallest absolute Gasteiger partial charge is 0.311 e. The van der Waals surface area contributed by atoms with Gasteiger partial charge in [0.2, 0.25) is 0 Å². The van der Waals surface area contributed by atoms with Gasteiger partial charge in [-0.3, -0.25) is 4.79 Å². The molecule has 0 aromatic carbocycles. The van der Waals surface area contributed by atoms with E-state index in [-0.39, 0.29) is 12.0 Å². The summed E-state index contributed by atoms with van der Waals surface area (Å²) in [7, 11) is 0. The predicted octanol–water partition coefficient (Wildman–Crippen LogP) is 4.25. The van der Waals surface area contributed by atoms with E-state index in [2.05, 4.69) is 31.9 Å². The van der Waals surface area contributed by atoms with Gasteiger partial charge in [0.05, 0.1) is 19.6 Å². The largest absolute Gasteiger partial charge is 0.466 e. The topological polar surface area (TPSA) is 52.3 Å². The highest BCUT2D eigenvalue weighted by Gasteiger charge is 2.32. The lowest BCUT2D eigenvalue weighted by Gasteiger charge is -2.25. The lowest BCUT2D eigenvalue weighted by molar-refractivity contribution is -0.154. The fourth-order valence-electron chi connectivity index (χ4n) is 1.68. The van der Waals surface area contributed by atoms with E-state index >= 15 is 0 Å². The molecule has 1 atom stereocenters. The third kappa shape index (κ3) is 4.05. The maximum Gasteiger partial charge on any atom is 0.311 e. The second-order valence-electron chi connectivity index (χ2n) is 4.69. The summed E-state index contributed by atoms with van der Waals surface area (Å²) in [5.74, 6) is -0.203. The summed E-state index contributed by atoms with van der Waals surface area (Å²) in [6.45, 7) is 5.92. The lowest BCUT2D eigenvalue weighted by Crippen LogP contribution is -2.31. The van der Waals surface area contributed by atoms with Crippen LogP contribution < -0.4 is 5.73 Å². The Labute approximate surface area is 128 Å². The summed E-state index contributed by atoms with van der Waals surface area (Å²) in [6, 6.07) is 1.79. The molecule has 0 fully saturated rings. The molecule has 0 amide bonds. The van der Waals surface area contributed by atoms with Gasteiger partial charge in [-0.25, -0.2) is 0 Å². The van der Waals surface area contributed by atoms with Crippen LogP contribution in [0.1, 0.15) is 38.8 Å². The SMILES string of the molecule is CCOC(=O)C(C)(C)CC(N)c1cc(Br)sc1Br. The van der Waals surface area contributed by atoms with Gasteiger partial charge in [0.25, 0.3) is 0 Å². The molecule has 3 nitrogen and oxygen atoms in total. The molecule has 1 rings (SSSR count). The van der Waals surface area contributed by atoms with E-state index in [0.29, 0.717) is 13.0 Å². The summed E-state index contributed by atoms with van der Waals surface area (Å²) in [5, 5.41) is 0. The third-order valence-corrected chi connectivity index (χ3v) is 5.03. The first-order chi connectivity index (χ1) is 8.27. The van der Waals surface area contributed by atoms with Crippen LogP contribution >= 0.6 is 43.2 Å². The standard InChI is InChI=1S/C12H17Br2NO2S/c1-4-17-11(16)12(2,3)6-8(15)7-5-9(13)18-10(7)14/h5,8H,4,6,15H2,1-3H3. The van der Waals surface area contributed by atoms with Crippen LogP contribution in [-0.2, 0) is 9.53 Å². The van der Waals surface area contributed by atoms with E-state index in [1.54, 1.807) is 18.3 Å². The molecule has 1 aromatic rings. The maximum atomic E-state index is 11.8. The molecule has 0 aliphatic heterocycles. The molecule has 2 N–H and O–H groups in total. The Morgan fingerprint density at radius 2 is 2.17 bits per heavy atom. The fourth-order valence-corrected chi connectivity index (χ4v) is 4.68. The average molecular weight is 399 g/mol. The van der Waals surface area contributed by atoms with Crippen molar-refractivity contribution < 1.29 is 9.53 Å². The lowest BCUT2D eigenvalue weighted by atomic mass is 9.84. The van der Waals surface area contributed by atoms with Gasteiger partial charge in [-0.2, -0.15) is 0 Å². The molecule has 1 heterocycles. The van der Waals surface area contributed by atoms with E-state index in [1.165, 1.54) is 0 Å². The monoisotopic (exact) mass is 397 g/mol. The molecular weight excluding hydrogens is 382 g/mol. The number of hydrogen-bond donors (Lipinski definition) is 1. The van der Waals surface area contributed by atoms with Crippen LogP contribution in [0.25, 0.3) is 0 Å². The summed E-state index contributed by atoms with van der Waals surface area (Å²) in [5.41, 5.74) is 6.62. The number of thiophene rings is 1. The number of halogens is 2. The number of hydrogen-bond acceptors (Lipinski definition) is 4. The highest BCUT2D eigenvalue weighted by molar-refractivity contribution is 9.12. The quantitative estimate of drug-likeness (QED) is 0.754. The predicted molar refractivity (Wildman–Crippen MR) is 81.7 cm³/mol. The Morgan fingerprint density at radius 3 is 2.61 bits per heavy atom. The molecule has 18 heavy (non-hydrogen) atoms. The summed E-state index contributed by atoms with van der Waals surface area (Å²) < 4.78 is 7.09. The van der Waals surface area contributed by atoms with Crippen molar-refractivity contribution in [1.29, 1.82) is 0 Å². The molecule has 0 aliphatic carbocycles. The van der Waals surface area contributed by atoms with E-state index in [9.17, 15) is 4.79 Å². The molecule has 0 saturated carbocycles. The number of ether oxygens (including phenoxy) is 1. The van der Waals surface area contributed by atoms with Gasteiger partial charge in [-0.15, -0.1) is 11.3 Å². The van der Waals surface area contributed by atoms with Crippen molar-refractivity contribution in [3.8, 4) is 0 Å². The molecule has 0 bridgehead atoms. The molecule has 0 aliphatic rings. The second-order valence-corrected chi connectivity index (χ2v) is 8.44. The molecule has 0 spiro atoms. The minimum Gasteiger partial charge on any atom is -0.466 e.